The fourth-order valence-electron chi connectivity index (χ4n) is 2.40. The molecule has 0 aliphatic heterocycles. The molecule has 1 amide bonds. The average Bonchev–Trinajstić information content (AvgIpc) is 3.15. The highest BCUT2D eigenvalue weighted by atomic mass is 32.1. The summed E-state index contributed by atoms with van der Waals surface area (Å²) in [6.07, 6.45) is 0. The summed E-state index contributed by atoms with van der Waals surface area (Å²) < 4.78 is 11.4. The van der Waals surface area contributed by atoms with Crippen LogP contribution in [0.3, 0.4) is 0 Å². The van der Waals surface area contributed by atoms with E-state index in [0.717, 1.165) is 5.01 Å². The van der Waals surface area contributed by atoms with Gasteiger partial charge in [-0.2, -0.15) is 9.61 Å². The van der Waals surface area contributed by atoms with Crippen molar-refractivity contribution >= 4 is 28.2 Å². The number of hydrogen-bond donors (Lipinski definition) is 1. The molecular formula is C19H20N4O5S. The predicted molar refractivity (Wildman–Crippen MR) is 106 cm³/mol. The number of aromatic nitrogens is 3. The van der Waals surface area contributed by atoms with Crippen molar-refractivity contribution in [1.29, 1.82) is 0 Å². The topological polar surface area (TPSA) is 112 Å². The zero-order chi connectivity index (χ0) is 21.0. The Balaban J connectivity index is 1.57. The van der Waals surface area contributed by atoms with E-state index in [0.29, 0.717) is 22.0 Å². The Morgan fingerprint density at radius 3 is 2.79 bits per heavy atom. The highest BCUT2D eigenvalue weighted by Gasteiger charge is 2.13. The maximum Gasteiger partial charge on any atom is 0.325 e. The SMILES string of the molecule is COc1cccc(C(=O)NCC(=O)OCc2cc(=O)n3nc(C(C)C)sc3n2)c1. The van der Waals surface area contributed by atoms with Crippen LogP contribution in [0.1, 0.15) is 40.8 Å². The highest BCUT2D eigenvalue weighted by Crippen LogP contribution is 2.19. The van der Waals surface area contributed by atoms with Crippen molar-refractivity contribution in [2.75, 3.05) is 13.7 Å². The zero-order valence-electron chi connectivity index (χ0n) is 16.2. The fraction of sp³-hybridized carbons (Fsp3) is 0.316. The van der Waals surface area contributed by atoms with Crippen molar-refractivity contribution < 1.29 is 19.1 Å². The first-order valence-corrected chi connectivity index (χ1v) is 9.66. The van der Waals surface area contributed by atoms with Gasteiger partial charge in [0, 0.05) is 17.5 Å². The molecule has 0 fully saturated rings. The summed E-state index contributed by atoms with van der Waals surface area (Å²) in [5.41, 5.74) is 0.348. The Hall–Kier alpha value is -3.27. The Bertz CT molecular complexity index is 1110. The predicted octanol–water partition coefficient (Wildman–Crippen LogP) is 1.76. The van der Waals surface area contributed by atoms with Crippen LogP contribution in [0.4, 0.5) is 0 Å². The quantitative estimate of drug-likeness (QED) is 0.584. The third kappa shape index (κ3) is 4.96. The summed E-state index contributed by atoms with van der Waals surface area (Å²) in [5.74, 6) is -0.354. The highest BCUT2D eigenvalue weighted by molar-refractivity contribution is 7.16. The molecule has 152 valence electrons. The van der Waals surface area contributed by atoms with Crippen LogP contribution in [0.25, 0.3) is 4.96 Å². The van der Waals surface area contributed by atoms with Crippen molar-refractivity contribution in [3.63, 3.8) is 0 Å². The second kappa shape index (κ2) is 8.82. The van der Waals surface area contributed by atoms with Gasteiger partial charge in [0.1, 0.15) is 23.9 Å². The van der Waals surface area contributed by atoms with E-state index in [1.807, 2.05) is 13.8 Å². The molecule has 0 radical (unpaired) electrons. The lowest BCUT2D eigenvalue weighted by atomic mass is 10.2. The molecule has 3 aromatic rings. The van der Waals surface area contributed by atoms with Crippen LogP contribution in [0, 0.1) is 0 Å². The van der Waals surface area contributed by atoms with Crippen LogP contribution in [0.2, 0.25) is 0 Å². The lowest BCUT2D eigenvalue weighted by molar-refractivity contribution is -0.143. The summed E-state index contributed by atoms with van der Waals surface area (Å²) in [7, 11) is 1.50. The summed E-state index contributed by atoms with van der Waals surface area (Å²) >= 11 is 1.32. The Kier molecular flexibility index (Phi) is 6.23. The summed E-state index contributed by atoms with van der Waals surface area (Å²) in [4.78, 5) is 41.0. The molecule has 0 aliphatic carbocycles. The number of benzene rings is 1. The smallest absolute Gasteiger partial charge is 0.325 e. The lowest BCUT2D eigenvalue weighted by Crippen LogP contribution is -2.30. The molecule has 2 aromatic heterocycles. The van der Waals surface area contributed by atoms with Crippen LogP contribution in [0.5, 0.6) is 5.75 Å². The zero-order valence-corrected chi connectivity index (χ0v) is 17.0. The van der Waals surface area contributed by atoms with Gasteiger partial charge in [0.2, 0.25) is 4.96 Å². The van der Waals surface area contributed by atoms with Gasteiger partial charge in [0.25, 0.3) is 11.5 Å². The molecule has 0 bridgehead atoms. The molecule has 10 heteroatoms. The maximum atomic E-state index is 12.2. The number of carbonyl (C=O) groups excluding carboxylic acids is 2. The van der Waals surface area contributed by atoms with Crippen LogP contribution in [-0.4, -0.2) is 40.1 Å². The van der Waals surface area contributed by atoms with Gasteiger partial charge >= 0.3 is 5.97 Å². The third-order valence-electron chi connectivity index (χ3n) is 3.91. The number of amides is 1. The van der Waals surface area contributed by atoms with Gasteiger partial charge < -0.3 is 14.8 Å². The van der Waals surface area contributed by atoms with Gasteiger partial charge in [-0.25, -0.2) is 4.98 Å². The Labute approximate surface area is 170 Å². The van der Waals surface area contributed by atoms with Gasteiger partial charge in [-0.15, -0.1) is 0 Å². The molecule has 2 heterocycles. The van der Waals surface area contributed by atoms with Crippen molar-refractivity contribution in [2.45, 2.75) is 26.4 Å². The maximum absolute atomic E-state index is 12.2. The number of carbonyl (C=O) groups is 2. The minimum Gasteiger partial charge on any atom is -0.497 e. The molecule has 0 unspecified atom stereocenters. The fourth-order valence-corrected chi connectivity index (χ4v) is 3.33. The molecule has 0 saturated carbocycles. The number of nitrogens with one attached hydrogen (secondary N) is 1. The first-order valence-electron chi connectivity index (χ1n) is 8.85. The first kappa shape index (κ1) is 20.5. The van der Waals surface area contributed by atoms with E-state index in [1.165, 1.54) is 29.0 Å². The molecule has 1 aromatic carbocycles. The number of esters is 1. The number of methoxy groups -OCH3 is 1. The molecule has 9 nitrogen and oxygen atoms in total. The monoisotopic (exact) mass is 416 g/mol. The minimum absolute atomic E-state index is 0.172. The number of fused-ring (bicyclic) bond motifs is 1. The van der Waals surface area contributed by atoms with Crippen LogP contribution >= 0.6 is 11.3 Å². The first-order chi connectivity index (χ1) is 13.9. The normalized spacial score (nSPS) is 10.9. The van der Waals surface area contributed by atoms with E-state index >= 15 is 0 Å². The van der Waals surface area contributed by atoms with Crippen molar-refractivity contribution in [2.24, 2.45) is 0 Å². The molecule has 1 N–H and O–H groups in total. The number of hydrogen-bond acceptors (Lipinski definition) is 8. The van der Waals surface area contributed by atoms with Crippen molar-refractivity contribution in [3.8, 4) is 5.75 Å². The summed E-state index contributed by atoms with van der Waals surface area (Å²) in [6, 6.07) is 7.84. The summed E-state index contributed by atoms with van der Waals surface area (Å²) in [6.45, 7) is 3.47. The second-order valence-corrected chi connectivity index (χ2v) is 7.44. The molecule has 0 saturated heterocycles. The molecule has 0 spiro atoms. The van der Waals surface area contributed by atoms with E-state index in [9.17, 15) is 14.4 Å². The number of rotatable bonds is 7. The van der Waals surface area contributed by atoms with Crippen molar-refractivity contribution in [3.05, 3.63) is 57.0 Å². The second-order valence-electron chi connectivity index (χ2n) is 6.45. The van der Waals surface area contributed by atoms with E-state index in [1.54, 1.807) is 24.3 Å². The van der Waals surface area contributed by atoms with E-state index < -0.39 is 11.9 Å². The molecule has 3 rings (SSSR count). The van der Waals surface area contributed by atoms with E-state index in [2.05, 4.69) is 15.4 Å². The van der Waals surface area contributed by atoms with Crippen molar-refractivity contribution in [1.82, 2.24) is 19.9 Å². The Morgan fingerprint density at radius 1 is 1.28 bits per heavy atom. The van der Waals surface area contributed by atoms with E-state index in [-0.39, 0.29) is 24.6 Å². The average molecular weight is 416 g/mol. The van der Waals surface area contributed by atoms with E-state index in [4.69, 9.17) is 9.47 Å². The number of ether oxygens (including phenoxy) is 2. The molecule has 0 aliphatic rings. The summed E-state index contributed by atoms with van der Waals surface area (Å²) in [5, 5.41) is 7.51. The van der Waals surface area contributed by atoms with Crippen LogP contribution in [-0.2, 0) is 16.1 Å². The van der Waals surface area contributed by atoms with Crippen LogP contribution < -0.4 is 15.6 Å². The van der Waals surface area contributed by atoms with Gasteiger partial charge in [0.15, 0.2) is 0 Å². The van der Waals surface area contributed by atoms with Gasteiger partial charge in [-0.3, -0.25) is 14.4 Å². The standard InChI is InChI=1S/C19H20N4O5S/c1-11(2)18-22-23-15(24)8-13(21-19(23)29-18)10-28-16(25)9-20-17(26)12-5-4-6-14(7-12)27-3/h4-8,11H,9-10H2,1-3H3,(H,20,26). The van der Waals surface area contributed by atoms with Crippen LogP contribution in [0.15, 0.2) is 35.1 Å². The third-order valence-corrected chi connectivity index (χ3v) is 5.12. The van der Waals surface area contributed by atoms with Gasteiger partial charge in [-0.05, 0) is 18.2 Å². The van der Waals surface area contributed by atoms with Gasteiger partial charge in [0.05, 0.1) is 12.8 Å². The Morgan fingerprint density at radius 2 is 2.07 bits per heavy atom. The number of nitrogens with zero attached hydrogens (tertiary/aromatic N) is 3. The minimum atomic E-state index is -0.643. The largest absolute Gasteiger partial charge is 0.497 e. The molecule has 0 atom stereocenters. The molecule has 29 heavy (non-hydrogen) atoms. The van der Waals surface area contributed by atoms with Gasteiger partial charge in [-0.1, -0.05) is 31.3 Å². The lowest BCUT2D eigenvalue weighted by Gasteiger charge is -2.07. The molecular weight excluding hydrogens is 396 g/mol.